The van der Waals surface area contributed by atoms with Crippen molar-refractivity contribution in [3.05, 3.63) is 30.1 Å². The molecular formula is C20H34FIN4O2. The number of guanidine groups is 1. The highest BCUT2D eigenvalue weighted by Crippen LogP contribution is 2.25. The summed E-state index contributed by atoms with van der Waals surface area (Å²) in [6.07, 6.45) is 2.58. The maximum absolute atomic E-state index is 13.8. The van der Waals surface area contributed by atoms with Crippen LogP contribution in [0.15, 0.2) is 29.3 Å². The van der Waals surface area contributed by atoms with E-state index in [-0.39, 0.29) is 47.2 Å². The first-order valence-electron chi connectivity index (χ1n) is 9.61. The Hall–Kier alpha value is -1.13. The van der Waals surface area contributed by atoms with Crippen molar-refractivity contribution < 1.29 is 13.9 Å². The van der Waals surface area contributed by atoms with Crippen molar-refractivity contribution in [1.29, 1.82) is 0 Å². The first kappa shape index (κ1) is 24.9. The summed E-state index contributed by atoms with van der Waals surface area (Å²) in [7, 11) is 5.97. The van der Waals surface area contributed by atoms with Gasteiger partial charge in [-0.2, -0.15) is 0 Å². The fraction of sp³-hybridized carbons (Fsp3) is 0.650. The Morgan fingerprint density at radius 1 is 1.29 bits per heavy atom. The molecule has 1 aromatic carbocycles. The summed E-state index contributed by atoms with van der Waals surface area (Å²) >= 11 is 0. The molecule has 1 aromatic rings. The molecule has 0 bridgehead atoms. The van der Waals surface area contributed by atoms with Gasteiger partial charge in [0.05, 0.1) is 6.54 Å². The van der Waals surface area contributed by atoms with E-state index in [9.17, 15) is 4.39 Å². The molecule has 28 heavy (non-hydrogen) atoms. The van der Waals surface area contributed by atoms with Gasteiger partial charge in [0.15, 0.2) is 17.5 Å². The third kappa shape index (κ3) is 7.04. The van der Waals surface area contributed by atoms with Crippen LogP contribution in [0.25, 0.3) is 0 Å². The number of benzene rings is 1. The summed E-state index contributed by atoms with van der Waals surface area (Å²) in [4.78, 5) is 6.58. The van der Waals surface area contributed by atoms with Gasteiger partial charge < -0.3 is 25.0 Å². The minimum absolute atomic E-state index is 0. The molecule has 6 nitrogen and oxygen atoms in total. The van der Waals surface area contributed by atoms with E-state index >= 15 is 0 Å². The van der Waals surface area contributed by atoms with Gasteiger partial charge in [0.25, 0.3) is 0 Å². The Kier molecular flexibility index (Phi) is 11.1. The average molecular weight is 508 g/mol. The van der Waals surface area contributed by atoms with Gasteiger partial charge in [-0.05, 0) is 45.5 Å². The van der Waals surface area contributed by atoms with Crippen molar-refractivity contribution in [1.82, 2.24) is 15.5 Å². The van der Waals surface area contributed by atoms with Crippen LogP contribution in [0.3, 0.4) is 0 Å². The lowest BCUT2D eigenvalue weighted by atomic mass is 9.88. The fourth-order valence-corrected chi connectivity index (χ4v) is 3.20. The second-order valence-corrected chi connectivity index (χ2v) is 7.12. The van der Waals surface area contributed by atoms with Crippen molar-refractivity contribution in [2.24, 2.45) is 4.99 Å². The number of rotatable bonds is 8. The van der Waals surface area contributed by atoms with Crippen LogP contribution >= 0.6 is 24.0 Å². The van der Waals surface area contributed by atoms with E-state index in [2.05, 4.69) is 34.6 Å². The Morgan fingerprint density at radius 3 is 2.54 bits per heavy atom. The molecule has 160 valence electrons. The number of likely N-dealkylation sites (N-methyl/N-ethyl adjacent to an activating group) is 1. The van der Waals surface area contributed by atoms with Gasteiger partial charge in [0.2, 0.25) is 0 Å². The van der Waals surface area contributed by atoms with Crippen LogP contribution in [-0.2, 0) is 4.74 Å². The number of ether oxygens (including phenoxy) is 2. The van der Waals surface area contributed by atoms with Gasteiger partial charge in [-0.25, -0.2) is 4.39 Å². The molecule has 2 N–H and O–H groups in total. The zero-order valence-corrected chi connectivity index (χ0v) is 19.7. The van der Waals surface area contributed by atoms with Gasteiger partial charge in [-0.15, -0.1) is 24.0 Å². The predicted molar refractivity (Wildman–Crippen MR) is 122 cm³/mol. The number of hydrogen-bond acceptors (Lipinski definition) is 4. The Labute approximate surface area is 185 Å². The van der Waals surface area contributed by atoms with Crippen LogP contribution in [0, 0.1) is 5.82 Å². The van der Waals surface area contributed by atoms with Gasteiger partial charge in [0, 0.05) is 32.3 Å². The monoisotopic (exact) mass is 508 g/mol. The molecule has 1 aliphatic heterocycles. The van der Waals surface area contributed by atoms with E-state index in [4.69, 9.17) is 9.47 Å². The largest absolute Gasteiger partial charge is 0.486 e. The number of nitrogens with one attached hydrogen (secondary N) is 2. The Balaban J connectivity index is 0.00000392. The van der Waals surface area contributed by atoms with Crippen LogP contribution in [-0.4, -0.2) is 69.9 Å². The lowest BCUT2D eigenvalue weighted by Crippen LogP contribution is -2.57. The third-order valence-electron chi connectivity index (χ3n) is 5.26. The lowest BCUT2D eigenvalue weighted by molar-refractivity contribution is -0.00502. The van der Waals surface area contributed by atoms with Crippen molar-refractivity contribution in [2.75, 3.05) is 47.4 Å². The molecule has 0 aromatic heterocycles. The highest BCUT2D eigenvalue weighted by molar-refractivity contribution is 14.0. The average Bonchev–Trinajstić information content (AvgIpc) is 2.69. The molecule has 0 saturated carbocycles. The molecule has 1 unspecified atom stereocenters. The van der Waals surface area contributed by atoms with Crippen LogP contribution in [0.5, 0.6) is 5.75 Å². The van der Waals surface area contributed by atoms with Gasteiger partial charge in [0.1, 0.15) is 6.10 Å². The Morgan fingerprint density at radius 2 is 1.96 bits per heavy atom. The topological polar surface area (TPSA) is 58.1 Å². The number of para-hydroxylation sites is 1. The van der Waals surface area contributed by atoms with Crippen molar-refractivity contribution in [2.45, 2.75) is 37.8 Å². The standard InChI is InChI=1S/C20H33FN4O2.HI/c1-5-16(27-18-9-7-6-8-17(18)21)14-23-19(22-2)24-15-20(25(3)4)10-12-26-13-11-20;/h6-9,16H,5,10-15H2,1-4H3,(H2,22,23,24);1H. The van der Waals surface area contributed by atoms with Crippen molar-refractivity contribution in [3.63, 3.8) is 0 Å². The number of aliphatic imine (C=N–C) groups is 1. The molecule has 8 heteroatoms. The predicted octanol–water partition coefficient (Wildman–Crippen LogP) is 2.88. The molecule has 1 heterocycles. The smallest absolute Gasteiger partial charge is 0.191 e. The fourth-order valence-electron chi connectivity index (χ4n) is 3.20. The molecule has 0 aliphatic carbocycles. The van der Waals surface area contributed by atoms with E-state index < -0.39 is 0 Å². The van der Waals surface area contributed by atoms with E-state index in [1.54, 1.807) is 25.2 Å². The molecule has 1 saturated heterocycles. The summed E-state index contributed by atoms with van der Waals surface area (Å²) < 4.78 is 25.1. The van der Waals surface area contributed by atoms with E-state index in [0.29, 0.717) is 6.54 Å². The molecule has 1 atom stereocenters. The summed E-state index contributed by atoms with van der Waals surface area (Å²) in [6.45, 7) is 4.91. The number of nitrogens with zero attached hydrogens (tertiary/aromatic N) is 2. The number of halogens is 2. The normalized spacial score (nSPS) is 17.6. The summed E-state index contributed by atoms with van der Waals surface area (Å²) in [5.41, 5.74) is 0.0592. The lowest BCUT2D eigenvalue weighted by Gasteiger charge is -2.43. The molecule has 1 aliphatic rings. The molecule has 2 rings (SSSR count). The van der Waals surface area contributed by atoms with Crippen molar-refractivity contribution in [3.8, 4) is 5.75 Å². The molecule has 1 fully saturated rings. The first-order chi connectivity index (χ1) is 13.0. The maximum atomic E-state index is 13.8. The van der Waals surface area contributed by atoms with E-state index in [0.717, 1.165) is 45.0 Å². The minimum Gasteiger partial charge on any atom is -0.486 e. The summed E-state index contributed by atoms with van der Waals surface area (Å²) in [5, 5.41) is 6.73. The van der Waals surface area contributed by atoms with E-state index in [1.165, 1.54) is 6.07 Å². The summed E-state index contributed by atoms with van der Waals surface area (Å²) in [5.74, 6) is 0.659. The SMILES string of the molecule is CCC(CNC(=NC)NCC1(N(C)C)CCOCC1)Oc1ccccc1F.I. The Bertz CT molecular complexity index is 610. The van der Waals surface area contributed by atoms with Crippen molar-refractivity contribution >= 4 is 29.9 Å². The highest BCUT2D eigenvalue weighted by atomic mass is 127. The second-order valence-electron chi connectivity index (χ2n) is 7.12. The molecule has 0 radical (unpaired) electrons. The molecule has 0 spiro atoms. The third-order valence-corrected chi connectivity index (χ3v) is 5.26. The van der Waals surface area contributed by atoms with Crippen LogP contribution in [0.1, 0.15) is 26.2 Å². The zero-order chi connectivity index (χ0) is 19.7. The second kappa shape index (κ2) is 12.4. The van der Waals surface area contributed by atoms with Gasteiger partial charge in [-0.1, -0.05) is 19.1 Å². The molecular weight excluding hydrogens is 474 g/mol. The minimum atomic E-state index is -0.342. The first-order valence-corrected chi connectivity index (χ1v) is 9.61. The van der Waals surface area contributed by atoms with Gasteiger partial charge in [-0.3, -0.25) is 4.99 Å². The van der Waals surface area contributed by atoms with Crippen LogP contribution in [0.2, 0.25) is 0 Å². The highest BCUT2D eigenvalue weighted by Gasteiger charge is 2.34. The maximum Gasteiger partial charge on any atom is 0.191 e. The van der Waals surface area contributed by atoms with Crippen LogP contribution in [0.4, 0.5) is 4.39 Å². The van der Waals surface area contributed by atoms with Gasteiger partial charge >= 0.3 is 0 Å². The quantitative estimate of drug-likeness (QED) is 0.322. The zero-order valence-electron chi connectivity index (χ0n) is 17.3. The number of hydrogen-bond donors (Lipinski definition) is 2. The summed E-state index contributed by atoms with van der Waals surface area (Å²) in [6, 6.07) is 6.49. The molecule has 0 amide bonds. The van der Waals surface area contributed by atoms with E-state index in [1.807, 2.05) is 6.92 Å². The van der Waals surface area contributed by atoms with Crippen LogP contribution < -0.4 is 15.4 Å².